The van der Waals surface area contributed by atoms with E-state index >= 15 is 0 Å². The zero-order chi connectivity index (χ0) is 18.2. The largest absolute Gasteiger partial charge is 0.456 e. The second-order valence-electron chi connectivity index (χ2n) is 7.79. The highest BCUT2D eigenvalue weighted by Gasteiger charge is 2.22. The van der Waals surface area contributed by atoms with Crippen molar-refractivity contribution < 1.29 is 4.42 Å². The van der Waals surface area contributed by atoms with E-state index in [4.69, 9.17) is 4.42 Å². The van der Waals surface area contributed by atoms with E-state index in [1.807, 2.05) is 0 Å². The Bertz CT molecular complexity index is 1580. The molecule has 1 aliphatic carbocycles. The smallest absolute Gasteiger partial charge is 0.136 e. The Balaban J connectivity index is 1.54. The van der Waals surface area contributed by atoms with Crippen molar-refractivity contribution in [2.75, 3.05) is 0 Å². The lowest BCUT2D eigenvalue weighted by molar-refractivity contribution is 0.669. The normalized spacial score (nSPS) is 12.9. The molecule has 6 aromatic rings. The van der Waals surface area contributed by atoms with Crippen LogP contribution in [0.5, 0.6) is 0 Å². The van der Waals surface area contributed by atoms with Crippen LogP contribution < -0.4 is 0 Å². The standard InChI is InChI=1S/C27H16O/c1-2-7-18-14-26-24(11-17(18)6-1)25-13-19-12-23-20-8-4-3-5-16(20)9-10-21(23)22(19)15-27(25)28-26/h1-11,13-15H,12H2. The molecular weight excluding hydrogens is 340 g/mol. The van der Waals surface area contributed by atoms with Gasteiger partial charge in [-0.1, -0.05) is 60.7 Å². The van der Waals surface area contributed by atoms with Crippen LogP contribution in [0.2, 0.25) is 0 Å². The number of rotatable bonds is 0. The Kier molecular flexibility index (Phi) is 2.60. The maximum absolute atomic E-state index is 6.29. The summed E-state index contributed by atoms with van der Waals surface area (Å²) in [7, 11) is 0. The first kappa shape index (κ1) is 14.5. The van der Waals surface area contributed by atoms with Crippen molar-refractivity contribution in [1.29, 1.82) is 0 Å². The zero-order valence-electron chi connectivity index (χ0n) is 15.2. The number of hydrogen-bond donors (Lipinski definition) is 0. The molecule has 1 aromatic heterocycles. The molecule has 1 aliphatic rings. The van der Waals surface area contributed by atoms with Crippen LogP contribution in [0, 0.1) is 0 Å². The summed E-state index contributed by atoms with van der Waals surface area (Å²) in [6.45, 7) is 0. The van der Waals surface area contributed by atoms with Crippen molar-refractivity contribution in [2.24, 2.45) is 0 Å². The first-order valence-corrected chi connectivity index (χ1v) is 9.74. The average molecular weight is 356 g/mol. The number of hydrogen-bond acceptors (Lipinski definition) is 1. The highest BCUT2D eigenvalue weighted by atomic mass is 16.3. The van der Waals surface area contributed by atoms with E-state index in [0.717, 1.165) is 17.6 Å². The molecule has 0 aliphatic heterocycles. The molecule has 0 saturated heterocycles. The monoisotopic (exact) mass is 356 g/mol. The summed E-state index contributed by atoms with van der Waals surface area (Å²) in [6, 6.07) is 30.7. The van der Waals surface area contributed by atoms with Crippen LogP contribution in [-0.2, 0) is 6.42 Å². The molecule has 1 heterocycles. The lowest BCUT2D eigenvalue weighted by Crippen LogP contribution is -1.83. The highest BCUT2D eigenvalue weighted by molar-refractivity contribution is 6.11. The summed E-state index contributed by atoms with van der Waals surface area (Å²) < 4.78 is 6.29. The Labute approximate surface area is 161 Å². The average Bonchev–Trinajstić information content (AvgIpc) is 3.27. The molecule has 0 radical (unpaired) electrons. The maximum atomic E-state index is 6.29. The van der Waals surface area contributed by atoms with Gasteiger partial charge >= 0.3 is 0 Å². The van der Waals surface area contributed by atoms with E-state index < -0.39 is 0 Å². The van der Waals surface area contributed by atoms with Gasteiger partial charge in [0.2, 0.25) is 0 Å². The molecule has 0 amide bonds. The first-order valence-electron chi connectivity index (χ1n) is 9.74. The van der Waals surface area contributed by atoms with Gasteiger partial charge < -0.3 is 4.42 Å². The quantitative estimate of drug-likeness (QED) is 0.275. The minimum absolute atomic E-state index is 0.969. The molecule has 1 heteroatoms. The number of furan rings is 1. The summed E-state index contributed by atoms with van der Waals surface area (Å²) in [5.74, 6) is 0. The molecule has 0 bridgehead atoms. The zero-order valence-corrected chi connectivity index (χ0v) is 15.2. The maximum Gasteiger partial charge on any atom is 0.136 e. The fourth-order valence-electron chi connectivity index (χ4n) is 4.92. The fraction of sp³-hybridized carbons (Fsp3) is 0.0370. The van der Waals surface area contributed by atoms with Crippen molar-refractivity contribution in [2.45, 2.75) is 6.42 Å². The van der Waals surface area contributed by atoms with Crippen molar-refractivity contribution in [1.82, 2.24) is 0 Å². The summed E-state index contributed by atoms with van der Waals surface area (Å²) >= 11 is 0. The minimum Gasteiger partial charge on any atom is -0.456 e. The van der Waals surface area contributed by atoms with Gasteiger partial charge in [-0.05, 0) is 74.5 Å². The number of fused-ring (bicyclic) bond motifs is 9. The van der Waals surface area contributed by atoms with Gasteiger partial charge in [0.25, 0.3) is 0 Å². The van der Waals surface area contributed by atoms with Gasteiger partial charge in [-0.3, -0.25) is 0 Å². The third-order valence-electron chi connectivity index (χ3n) is 6.26. The van der Waals surface area contributed by atoms with E-state index in [9.17, 15) is 0 Å². The van der Waals surface area contributed by atoms with Crippen molar-refractivity contribution in [3.63, 3.8) is 0 Å². The van der Waals surface area contributed by atoms with Crippen LogP contribution >= 0.6 is 0 Å². The van der Waals surface area contributed by atoms with Gasteiger partial charge in [0, 0.05) is 10.8 Å². The Hall–Kier alpha value is -3.58. The van der Waals surface area contributed by atoms with Crippen molar-refractivity contribution in [3.8, 4) is 11.1 Å². The van der Waals surface area contributed by atoms with E-state index in [1.54, 1.807) is 0 Å². The molecule has 0 spiro atoms. The molecular formula is C27H16O. The molecule has 1 nitrogen and oxygen atoms in total. The molecule has 0 N–H and O–H groups in total. The Morgan fingerprint density at radius 2 is 1.25 bits per heavy atom. The first-order chi connectivity index (χ1) is 13.8. The van der Waals surface area contributed by atoms with Crippen LogP contribution in [0.4, 0.5) is 0 Å². The Morgan fingerprint density at radius 3 is 2.14 bits per heavy atom. The predicted molar refractivity (Wildman–Crippen MR) is 117 cm³/mol. The molecule has 5 aromatic carbocycles. The second kappa shape index (κ2) is 5.02. The van der Waals surface area contributed by atoms with Crippen LogP contribution in [-0.4, -0.2) is 0 Å². The van der Waals surface area contributed by atoms with Gasteiger partial charge in [-0.2, -0.15) is 0 Å². The summed E-state index contributed by atoms with van der Waals surface area (Å²) in [5.41, 5.74) is 7.45. The SMILES string of the molecule is c1ccc2cc3c(cc2c1)oc1cc2c(cc13)Cc1c-2ccc2ccccc12. The summed E-state index contributed by atoms with van der Waals surface area (Å²) in [5, 5.41) is 7.58. The van der Waals surface area contributed by atoms with E-state index in [0.29, 0.717) is 0 Å². The molecule has 28 heavy (non-hydrogen) atoms. The van der Waals surface area contributed by atoms with Crippen LogP contribution in [0.15, 0.2) is 89.3 Å². The molecule has 7 rings (SSSR count). The van der Waals surface area contributed by atoms with Gasteiger partial charge in [-0.15, -0.1) is 0 Å². The third kappa shape index (κ3) is 1.81. The van der Waals surface area contributed by atoms with E-state index in [1.165, 1.54) is 54.6 Å². The van der Waals surface area contributed by atoms with E-state index in [-0.39, 0.29) is 0 Å². The van der Waals surface area contributed by atoms with Gasteiger partial charge in [-0.25, -0.2) is 0 Å². The predicted octanol–water partition coefficient (Wildman–Crippen LogP) is 7.46. The number of benzene rings is 5. The summed E-state index contributed by atoms with van der Waals surface area (Å²) in [6.07, 6.45) is 0.988. The molecule has 0 unspecified atom stereocenters. The van der Waals surface area contributed by atoms with Gasteiger partial charge in [0.15, 0.2) is 0 Å². The lowest BCUT2D eigenvalue weighted by atomic mass is 9.99. The molecule has 0 saturated carbocycles. The molecule has 0 atom stereocenters. The van der Waals surface area contributed by atoms with Crippen LogP contribution in [0.1, 0.15) is 11.1 Å². The lowest BCUT2D eigenvalue weighted by Gasteiger charge is -2.05. The van der Waals surface area contributed by atoms with Crippen LogP contribution in [0.25, 0.3) is 54.6 Å². The third-order valence-corrected chi connectivity index (χ3v) is 6.26. The van der Waals surface area contributed by atoms with Crippen LogP contribution in [0.3, 0.4) is 0 Å². The molecule has 0 fully saturated rings. The van der Waals surface area contributed by atoms with Gasteiger partial charge in [0.1, 0.15) is 11.2 Å². The minimum atomic E-state index is 0.969. The summed E-state index contributed by atoms with van der Waals surface area (Å²) in [4.78, 5) is 0. The second-order valence-corrected chi connectivity index (χ2v) is 7.79. The highest BCUT2D eigenvalue weighted by Crippen LogP contribution is 2.44. The van der Waals surface area contributed by atoms with E-state index in [2.05, 4.69) is 84.9 Å². The van der Waals surface area contributed by atoms with Crippen molar-refractivity contribution in [3.05, 3.63) is 96.1 Å². The Morgan fingerprint density at radius 1 is 0.536 bits per heavy atom. The molecule has 130 valence electrons. The van der Waals surface area contributed by atoms with Gasteiger partial charge in [0.05, 0.1) is 0 Å². The fourth-order valence-corrected chi connectivity index (χ4v) is 4.92. The van der Waals surface area contributed by atoms with Crippen molar-refractivity contribution >= 4 is 43.5 Å². The topological polar surface area (TPSA) is 13.1 Å².